The zero-order valence-corrected chi connectivity index (χ0v) is 9.11. The molecule has 1 aromatic heterocycles. The molecule has 0 bridgehead atoms. The van der Waals surface area contributed by atoms with E-state index in [4.69, 9.17) is 5.73 Å². The number of rotatable bonds is 6. The van der Waals surface area contributed by atoms with Gasteiger partial charge in [0.25, 0.3) is 0 Å². The Balaban J connectivity index is 2.60. The highest BCUT2D eigenvalue weighted by atomic mass is 15.3. The molecular weight excluding hydrogens is 176 g/mol. The molecule has 0 aromatic carbocycles. The second kappa shape index (κ2) is 5.75. The maximum Gasteiger partial charge on any atom is 0.138 e. The van der Waals surface area contributed by atoms with Crippen molar-refractivity contribution >= 4 is 0 Å². The monoisotopic (exact) mass is 196 g/mol. The molecule has 4 nitrogen and oxygen atoms in total. The summed E-state index contributed by atoms with van der Waals surface area (Å²) in [4.78, 5) is 4.27. The minimum absolute atomic E-state index is 0.537. The molecule has 0 aliphatic heterocycles. The first-order valence-corrected chi connectivity index (χ1v) is 5.38. The Kier molecular flexibility index (Phi) is 4.59. The lowest BCUT2D eigenvalue weighted by molar-refractivity contribution is 0.474. The number of hydrogen-bond donors (Lipinski definition) is 1. The van der Waals surface area contributed by atoms with Gasteiger partial charge in [-0.1, -0.05) is 20.3 Å². The van der Waals surface area contributed by atoms with E-state index in [0.717, 1.165) is 38.2 Å². The van der Waals surface area contributed by atoms with Gasteiger partial charge in [0.15, 0.2) is 0 Å². The lowest BCUT2D eigenvalue weighted by Crippen LogP contribution is -2.18. The van der Waals surface area contributed by atoms with Gasteiger partial charge in [-0.15, -0.1) is 0 Å². The van der Waals surface area contributed by atoms with Crippen LogP contribution in [-0.4, -0.2) is 21.3 Å². The molecule has 0 amide bonds. The predicted molar refractivity (Wildman–Crippen MR) is 56.9 cm³/mol. The van der Waals surface area contributed by atoms with Crippen LogP contribution in [0.4, 0.5) is 0 Å². The second-order valence-electron chi connectivity index (χ2n) is 3.61. The van der Waals surface area contributed by atoms with E-state index in [1.54, 1.807) is 6.33 Å². The normalized spacial score (nSPS) is 13.1. The highest BCUT2D eigenvalue weighted by Gasteiger charge is 2.10. The van der Waals surface area contributed by atoms with E-state index in [-0.39, 0.29) is 0 Å². The van der Waals surface area contributed by atoms with Gasteiger partial charge < -0.3 is 5.73 Å². The molecule has 1 aromatic rings. The van der Waals surface area contributed by atoms with E-state index in [1.807, 2.05) is 4.68 Å². The van der Waals surface area contributed by atoms with Gasteiger partial charge in [-0.05, 0) is 18.9 Å². The lowest BCUT2D eigenvalue weighted by Gasteiger charge is -2.11. The Morgan fingerprint density at radius 1 is 1.50 bits per heavy atom. The number of nitrogens with zero attached hydrogens (tertiary/aromatic N) is 3. The van der Waals surface area contributed by atoms with Crippen molar-refractivity contribution in [2.75, 3.05) is 6.54 Å². The Hall–Kier alpha value is -0.900. The molecule has 2 N–H and O–H groups in total. The largest absolute Gasteiger partial charge is 0.330 e. The highest BCUT2D eigenvalue weighted by molar-refractivity contribution is 4.87. The van der Waals surface area contributed by atoms with E-state index in [1.165, 1.54) is 0 Å². The molecule has 1 heterocycles. The zero-order valence-electron chi connectivity index (χ0n) is 9.11. The maximum absolute atomic E-state index is 5.67. The van der Waals surface area contributed by atoms with Crippen LogP contribution in [0.3, 0.4) is 0 Å². The fourth-order valence-corrected chi connectivity index (χ4v) is 1.50. The third-order valence-corrected chi connectivity index (χ3v) is 2.51. The van der Waals surface area contributed by atoms with E-state index in [9.17, 15) is 0 Å². The average molecular weight is 196 g/mol. The summed E-state index contributed by atoms with van der Waals surface area (Å²) in [6.45, 7) is 6.00. The highest BCUT2D eigenvalue weighted by Crippen LogP contribution is 2.08. The van der Waals surface area contributed by atoms with Gasteiger partial charge in [-0.25, -0.2) is 4.98 Å². The molecule has 1 unspecified atom stereocenters. The van der Waals surface area contributed by atoms with E-state index >= 15 is 0 Å². The van der Waals surface area contributed by atoms with Gasteiger partial charge >= 0.3 is 0 Å². The molecule has 1 rings (SSSR count). The van der Waals surface area contributed by atoms with Crippen molar-refractivity contribution in [2.24, 2.45) is 11.7 Å². The molecular formula is C10H20N4. The molecule has 0 fully saturated rings. The number of hydrogen-bond acceptors (Lipinski definition) is 3. The molecule has 0 aliphatic carbocycles. The van der Waals surface area contributed by atoms with Crippen molar-refractivity contribution in [3.8, 4) is 0 Å². The summed E-state index contributed by atoms with van der Waals surface area (Å²) in [7, 11) is 0. The van der Waals surface area contributed by atoms with Crippen molar-refractivity contribution in [2.45, 2.75) is 39.7 Å². The van der Waals surface area contributed by atoms with E-state index < -0.39 is 0 Å². The molecule has 0 radical (unpaired) electrons. The first kappa shape index (κ1) is 11.2. The van der Waals surface area contributed by atoms with Crippen LogP contribution in [0.2, 0.25) is 0 Å². The smallest absolute Gasteiger partial charge is 0.138 e. The minimum Gasteiger partial charge on any atom is -0.330 e. The SMILES string of the molecule is CCCn1ncnc1CC(CC)CN. The molecule has 0 saturated heterocycles. The van der Waals surface area contributed by atoms with Crippen LogP contribution in [0, 0.1) is 5.92 Å². The lowest BCUT2D eigenvalue weighted by atomic mass is 10.0. The first-order chi connectivity index (χ1) is 6.81. The number of nitrogens with two attached hydrogens (primary N) is 1. The molecule has 1 atom stereocenters. The Bertz CT molecular complexity index is 252. The summed E-state index contributed by atoms with van der Waals surface area (Å²) >= 11 is 0. The molecule has 0 saturated carbocycles. The Morgan fingerprint density at radius 2 is 2.29 bits per heavy atom. The van der Waals surface area contributed by atoms with Crippen molar-refractivity contribution < 1.29 is 0 Å². The third-order valence-electron chi connectivity index (χ3n) is 2.51. The van der Waals surface area contributed by atoms with Crippen molar-refractivity contribution in [3.05, 3.63) is 12.2 Å². The molecule has 80 valence electrons. The number of aromatic nitrogens is 3. The van der Waals surface area contributed by atoms with Crippen molar-refractivity contribution in [3.63, 3.8) is 0 Å². The minimum atomic E-state index is 0.537. The quantitative estimate of drug-likeness (QED) is 0.744. The van der Waals surface area contributed by atoms with Crippen LogP contribution >= 0.6 is 0 Å². The zero-order chi connectivity index (χ0) is 10.4. The summed E-state index contributed by atoms with van der Waals surface area (Å²) in [5.74, 6) is 1.61. The summed E-state index contributed by atoms with van der Waals surface area (Å²) in [6, 6.07) is 0. The van der Waals surface area contributed by atoms with Gasteiger partial charge in [0.05, 0.1) is 0 Å². The summed E-state index contributed by atoms with van der Waals surface area (Å²) < 4.78 is 1.98. The second-order valence-corrected chi connectivity index (χ2v) is 3.61. The van der Waals surface area contributed by atoms with Crippen molar-refractivity contribution in [1.82, 2.24) is 14.8 Å². The fourth-order valence-electron chi connectivity index (χ4n) is 1.50. The fraction of sp³-hybridized carbons (Fsp3) is 0.800. The van der Waals surface area contributed by atoms with Crippen LogP contribution in [0.5, 0.6) is 0 Å². The van der Waals surface area contributed by atoms with Crippen LogP contribution in [-0.2, 0) is 13.0 Å². The third kappa shape index (κ3) is 2.80. The van der Waals surface area contributed by atoms with E-state index in [0.29, 0.717) is 5.92 Å². The molecule has 0 aliphatic rings. The van der Waals surface area contributed by atoms with Crippen molar-refractivity contribution in [1.29, 1.82) is 0 Å². The maximum atomic E-state index is 5.67. The van der Waals surface area contributed by atoms with Gasteiger partial charge in [0.1, 0.15) is 12.2 Å². The van der Waals surface area contributed by atoms with E-state index in [2.05, 4.69) is 23.9 Å². The van der Waals surface area contributed by atoms with Crippen LogP contribution in [0.25, 0.3) is 0 Å². The van der Waals surface area contributed by atoms with Crippen LogP contribution in [0.1, 0.15) is 32.5 Å². The summed E-state index contributed by atoms with van der Waals surface area (Å²) in [6.07, 6.45) is 4.78. The average Bonchev–Trinajstić information content (AvgIpc) is 2.62. The van der Waals surface area contributed by atoms with Crippen LogP contribution in [0.15, 0.2) is 6.33 Å². The van der Waals surface area contributed by atoms with Gasteiger partial charge in [-0.2, -0.15) is 5.10 Å². The van der Waals surface area contributed by atoms with Gasteiger partial charge in [0.2, 0.25) is 0 Å². The van der Waals surface area contributed by atoms with Gasteiger partial charge in [-0.3, -0.25) is 4.68 Å². The summed E-state index contributed by atoms with van der Waals surface area (Å²) in [5, 5.41) is 4.19. The number of aryl methyl sites for hydroxylation is 1. The van der Waals surface area contributed by atoms with Gasteiger partial charge in [0, 0.05) is 13.0 Å². The predicted octanol–water partition coefficient (Wildman–Crippen LogP) is 1.22. The van der Waals surface area contributed by atoms with Crippen LogP contribution < -0.4 is 5.73 Å². The first-order valence-electron chi connectivity index (χ1n) is 5.38. The Morgan fingerprint density at radius 3 is 2.86 bits per heavy atom. The molecule has 14 heavy (non-hydrogen) atoms. The Labute approximate surface area is 85.5 Å². The topological polar surface area (TPSA) is 56.7 Å². The standard InChI is InChI=1S/C10H20N4/c1-3-5-14-10(12-8-13-14)6-9(4-2)7-11/h8-9H,3-7,11H2,1-2H3. The summed E-state index contributed by atoms with van der Waals surface area (Å²) in [5.41, 5.74) is 5.67. The molecule has 0 spiro atoms. The molecule has 4 heteroatoms.